The van der Waals surface area contributed by atoms with Crippen molar-refractivity contribution in [3.05, 3.63) is 95.4 Å². The molecule has 0 unspecified atom stereocenters. The van der Waals surface area contributed by atoms with E-state index in [1.165, 1.54) is 12.4 Å². The molecule has 0 fully saturated rings. The van der Waals surface area contributed by atoms with Crippen LogP contribution in [0.1, 0.15) is 15.9 Å². The van der Waals surface area contributed by atoms with Crippen molar-refractivity contribution in [1.29, 1.82) is 0 Å². The summed E-state index contributed by atoms with van der Waals surface area (Å²) in [6.45, 7) is 0.192. The summed E-state index contributed by atoms with van der Waals surface area (Å²) in [6.07, 6.45) is 4.74. The molecule has 2 amide bonds. The number of rotatable bonds is 7. The zero-order valence-electron chi connectivity index (χ0n) is 16.9. The molecule has 32 heavy (non-hydrogen) atoms. The van der Waals surface area contributed by atoms with Gasteiger partial charge in [-0.25, -0.2) is 0 Å². The summed E-state index contributed by atoms with van der Waals surface area (Å²) in [4.78, 5) is 41.2. The van der Waals surface area contributed by atoms with Crippen molar-refractivity contribution in [1.82, 2.24) is 14.9 Å². The Hall–Kier alpha value is -3.97. The summed E-state index contributed by atoms with van der Waals surface area (Å²) in [6, 6.07) is 18.1. The van der Waals surface area contributed by atoms with Crippen LogP contribution in [0.2, 0.25) is 5.02 Å². The number of benzene rings is 2. The first-order valence-electron chi connectivity index (χ1n) is 9.86. The second-order valence-electron chi connectivity index (χ2n) is 7.11. The molecule has 0 aliphatic rings. The van der Waals surface area contributed by atoms with Crippen molar-refractivity contribution in [2.45, 2.75) is 6.54 Å². The smallest absolute Gasteiger partial charge is 0.292 e. The van der Waals surface area contributed by atoms with Gasteiger partial charge in [0.05, 0.1) is 12.1 Å². The summed E-state index contributed by atoms with van der Waals surface area (Å²) < 4.78 is 1.91. The van der Waals surface area contributed by atoms with E-state index in [0.29, 0.717) is 22.6 Å². The number of ketones is 1. The van der Waals surface area contributed by atoms with Crippen LogP contribution in [0, 0.1) is 0 Å². The zero-order chi connectivity index (χ0) is 22.5. The number of carbonyl (C=O) groups is 3. The normalized spacial score (nSPS) is 10.7. The van der Waals surface area contributed by atoms with E-state index >= 15 is 0 Å². The number of aromatic nitrogens is 2. The van der Waals surface area contributed by atoms with E-state index in [1.807, 2.05) is 34.9 Å². The molecule has 0 atom stereocenters. The first kappa shape index (κ1) is 21.3. The number of anilines is 1. The number of hydrogen-bond donors (Lipinski definition) is 2. The SMILES string of the molecule is O=C(CNC(=O)C(=O)c1cn(Cc2ccc(Cl)cc2)c2ccccc12)Nc1ccncc1. The van der Waals surface area contributed by atoms with Gasteiger partial charge in [0, 0.05) is 46.7 Å². The Bertz CT molecular complexity index is 1280. The van der Waals surface area contributed by atoms with Gasteiger partial charge >= 0.3 is 0 Å². The molecule has 0 bridgehead atoms. The highest BCUT2D eigenvalue weighted by molar-refractivity contribution is 6.45. The maximum Gasteiger partial charge on any atom is 0.292 e. The van der Waals surface area contributed by atoms with Gasteiger partial charge in [-0.2, -0.15) is 0 Å². The maximum atomic E-state index is 12.9. The number of para-hydroxylation sites is 1. The number of carbonyl (C=O) groups excluding carboxylic acids is 3. The molecule has 0 radical (unpaired) electrons. The summed E-state index contributed by atoms with van der Waals surface area (Å²) in [5.74, 6) is -1.99. The molecule has 2 aromatic carbocycles. The molecule has 8 heteroatoms. The summed E-state index contributed by atoms with van der Waals surface area (Å²) in [5.41, 5.74) is 2.66. The fourth-order valence-corrected chi connectivity index (χ4v) is 3.47. The van der Waals surface area contributed by atoms with Crippen LogP contribution in [-0.2, 0) is 16.1 Å². The van der Waals surface area contributed by atoms with E-state index in [2.05, 4.69) is 15.6 Å². The highest BCUT2D eigenvalue weighted by Gasteiger charge is 2.22. The van der Waals surface area contributed by atoms with Gasteiger partial charge in [-0.05, 0) is 35.9 Å². The highest BCUT2D eigenvalue weighted by Crippen LogP contribution is 2.23. The first-order chi connectivity index (χ1) is 15.5. The Morgan fingerprint density at radius 3 is 2.41 bits per heavy atom. The van der Waals surface area contributed by atoms with Gasteiger partial charge < -0.3 is 15.2 Å². The van der Waals surface area contributed by atoms with E-state index in [-0.39, 0.29) is 12.1 Å². The van der Waals surface area contributed by atoms with Crippen LogP contribution < -0.4 is 10.6 Å². The number of fused-ring (bicyclic) bond motifs is 1. The number of nitrogens with zero attached hydrogens (tertiary/aromatic N) is 2. The topological polar surface area (TPSA) is 93.1 Å². The average molecular weight is 447 g/mol. The molecule has 2 N–H and O–H groups in total. The van der Waals surface area contributed by atoms with E-state index in [4.69, 9.17) is 11.6 Å². The fraction of sp³-hybridized carbons (Fsp3) is 0.0833. The van der Waals surface area contributed by atoms with Gasteiger partial charge in [0.1, 0.15) is 0 Å². The van der Waals surface area contributed by atoms with Crippen molar-refractivity contribution in [3.63, 3.8) is 0 Å². The molecule has 0 saturated carbocycles. The van der Waals surface area contributed by atoms with Gasteiger partial charge in [0.25, 0.3) is 11.7 Å². The molecule has 160 valence electrons. The first-order valence-corrected chi connectivity index (χ1v) is 10.2. The minimum atomic E-state index is -0.843. The Balaban J connectivity index is 1.48. The molecule has 0 spiro atoms. The van der Waals surface area contributed by atoms with Crippen LogP contribution >= 0.6 is 11.6 Å². The number of pyridine rings is 1. The Morgan fingerprint density at radius 1 is 0.938 bits per heavy atom. The lowest BCUT2D eigenvalue weighted by Gasteiger charge is -2.06. The van der Waals surface area contributed by atoms with E-state index < -0.39 is 17.6 Å². The monoisotopic (exact) mass is 446 g/mol. The van der Waals surface area contributed by atoms with Crippen molar-refractivity contribution in [2.75, 3.05) is 11.9 Å². The van der Waals surface area contributed by atoms with Gasteiger partial charge in [-0.15, -0.1) is 0 Å². The van der Waals surface area contributed by atoms with Gasteiger partial charge in [0.2, 0.25) is 5.91 Å². The summed E-state index contributed by atoms with van der Waals surface area (Å²) in [5, 5.41) is 6.33. The zero-order valence-corrected chi connectivity index (χ0v) is 17.7. The predicted molar refractivity (Wildman–Crippen MR) is 123 cm³/mol. The number of nitrogens with one attached hydrogen (secondary N) is 2. The molecular formula is C24H19ClN4O3. The standard InChI is InChI=1S/C24H19ClN4O3/c25-17-7-5-16(6-8-17)14-29-15-20(19-3-1-2-4-21(19)29)23(31)24(32)27-13-22(30)28-18-9-11-26-12-10-18/h1-12,15H,13-14H2,(H,27,32)(H,26,28,30). The van der Waals surface area contributed by atoms with Gasteiger partial charge in [-0.1, -0.05) is 41.9 Å². The predicted octanol–water partition coefficient (Wildman–Crippen LogP) is 3.68. The molecule has 2 heterocycles. The number of halogens is 1. The van der Waals surface area contributed by atoms with Crippen LogP contribution in [0.15, 0.2) is 79.3 Å². The van der Waals surface area contributed by atoms with Crippen LogP contribution in [0.4, 0.5) is 5.69 Å². The van der Waals surface area contributed by atoms with Crippen LogP contribution in [0.3, 0.4) is 0 Å². The largest absolute Gasteiger partial charge is 0.342 e. The molecule has 0 saturated heterocycles. The third-order valence-electron chi connectivity index (χ3n) is 4.88. The molecule has 0 aliphatic carbocycles. The molecule has 4 rings (SSSR count). The van der Waals surface area contributed by atoms with Crippen molar-refractivity contribution in [3.8, 4) is 0 Å². The molecule has 7 nitrogen and oxygen atoms in total. The molecule has 4 aromatic rings. The summed E-state index contributed by atoms with van der Waals surface area (Å²) in [7, 11) is 0. The highest BCUT2D eigenvalue weighted by atomic mass is 35.5. The van der Waals surface area contributed by atoms with Gasteiger partial charge in [0.15, 0.2) is 0 Å². The minimum Gasteiger partial charge on any atom is -0.342 e. The quantitative estimate of drug-likeness (QED) is 0.334. The third-order valence-corrected chi connectivity index (χ3v) is 5.13. The Kier molecular flexibility index (Phi) is 6.28. The summed E-state index contributed by atoms with van der Waals surface area (Å²) >= 11 is 5.96. The van der Waals surface area contributed by atoms with Crippen molar-refractivity contribution < 1.29 is 14.4 Å². The van der Waals surface area contributed by atoms with E-state index in [0.717, 1.165) is 11.1 Å². The van der Waals surface area contributed by atoms with Crippen LogP contribution in [-0.4, -0.2) is 33.7 Å². The van der Waals surface area contributed by atoms with Crippen molar-refractivity contribution in [2.24, 2.45) is 0 Å². The van der Waals surface area contributed by atoms with Gasteiger partial charge in [-0.3, -0.25) is 19.4 Å². The van der Waals surface area contributed by atoms with Crippen LogP contribution in [0.25, 0.3) is 10.9 Å². The number of amides is 2. The second kappa shape index (κ2) is 9.45. The Labute approximate surface area is 189 Å². The number of Topliss-reactive ketones (excluding diaryl/α,β-unsaturated/α-hetero) is 1. The van der Waals surface area contributed by atoms with E-state index in [9.17, 15) is 14.4 Å². The van der Waals surface area contributed by atoms with Crippen LogP contribution in [0.5, 0.6) is 0 Å². The number of hydrogen-bond acceptors (Lipinski definition) is 4. The second-order valence-corrected chi connectivity index (χ2v) is 7.55. The Morgan fingerprint density at radius 2 is 1.66 bits per heavy atom. The lowest BCUT2D eigenvalue weighted by molar-refractivity contribution is -0.121. The maximum absolute atomic E-state index is 12.9. The van der Waals surface area contributed by atoms with E-state index in [1.54, 1.807) is 36.5 Å². The third kappa shape index (κ3) is 4.84. The molecule has 0 aliphatic heterocycles. The molecule has 2 aromatic heterocycles. The van der Waals surface area contributed by atoms with Crippen molar-refractivity contribution >= 4 is 45.8 Å². The lowest BCUT2D eigenvalue weighted by Crippen LogP contribution is -2.37. The fourth-order valence-electron chi connectivity index (χ4n) is 3.35. The average Bonchev–Trinajstić information content (AvgIpc) is 3.17. The lowest BCUT2D eigenvalue weighted by atomic mass is 10.1. The molecular weight excluding hydrogens is 428 g/mol. The minimum absolute atomic E-state index is 0.279.